The zero-order chi connectivity index (χ0) is 20.6. The standard InChI is InChI=1S/C15H15F6N3OS2/c1-13(2,3)27(25)24-11(9-7-26-12(23-9)15(19,20)21)8-4-5-10(22-6-8)14(16,17)18/h4-7,11,24H,1-3H3/t11-,27-/m0/s1. The van der Waals surface area contributed by atoms with Crippen LogP contribution in [0.15, 0.2) is 23.7 Å². The second-order valence-corrected chi connectivity index (χ2v) is 9.34. The first-order valence-electron chi connectivity index (χ1n) is 7.43. The molecule has 0 bridgehead atoms. The van der Waals surface area contributed by atoms with Crippen molar-refractivity contribution in [1.29, 1.82) is 0 Å². The first kappa shape index (κ1) is 21.9. The Morgan fingerprint density at radius 2 is 1.70 bits per heavy atom. The second kappa shape index (κ2) is 7.57. The van der Waals surface area contributed by atoms with Crippen LogP contribution in [0.3, 0.4) is 0 Å². The van der Waals surface area contributed by atoms with Gasteiger partial charge >= 0.3 is 12.4 Å². The number of thiazole rings is 1. The summed E-state index contributed by atoms with van der Waals surface area (Å²) < 4.78 is 90.8. The first-order chi connectivity index (χ1) is 12.2. The number of nitrogens with one attached hydrogen (secondary N) is 1. The van der Waals surface area contributed by atoms with Crippen LogP contribution in [0.5, 0.6) is 0 Å². The molecule has 0 aliphatic rings. The molecule has 0 aliphatic carbocycles. The van der Waals surface area contributed by atoms with Crippen LogP contribution in [0.25, 0.3) is 0 Å². The number of alkyl halides is 6. The van der Waals surface area contributed by atoms with Crippen molar-refractivity contribution < 1.29 is 30.9 Å². The van der Waals surface area contributed by atoms with Crippen molar-refractivity contribution in [2.45, 2.75) is 43.9 Å². The molecular weight excluding hydrogens is 416 g/mol. The van der Waals surface area contributed by atoms with E-state index in [1.165, 1.54) is 0 Å². The molecule has 0 aromatic carbocycles. The first-order valence-corrected chi connectivity index (χ1v) is 9.46. The minimum absolute atomic E-state index is 0.105. The van der Waals surface area contributed by atoms with E-state index < -0.39 is 45.2 Å². The molecule has 27 heavy (non-hydrogen) atoms. The summed E-state index contributed by atoms with van der Waals surface area (Å²) in [4.78, 5) is 6.82. The van der Waals surface area contributed by atoms with Gasteiger partial charge in [-0.05, 0) is 32.4 Å². The van der Waals surface area contributed by atoms with Gasteiger partial charge in [-0.15, -0.1) is 16.1 Å². The highest BCUT2D eigenvalue weighted by atomic mass is 32.2. The number of aromatic nitrogens is 2. The maximum Gasteiger partial charge on any atom is 0.443 e. The van der Waals surface area contributed by atoms with Gasteiger partial charge in [0, 0.05) is 22.9 Å². The molecule has 12 heteroatoms. The van der Waals surface area contributed by atoms with Gasteiger partial charge in [0.1, 0.15) is 16.5 Å². The lowest BCUT2D eigenvalue weighted by Crippen LogP contribution is -2.41. The minimum atomic E-state index is -4.66. The Balaban J connectivity index is 2.42. The Hall–Kier alpha value is -1.37. The van der Waals surface area contributed by atoms with E-state index in [1.54, 1.807) is 20.8 Å². The zero-order valence-electron chi connectivity index (χ0n) is 14.3. The SMILES string of the molecule is CC(C)(C)[S@+]([O-])N[C@@H](c1ccc(C(F)(F)F)nc1)c1csc(C(F)(F)F)n1. The van der Waals surface area contributed by atoms with Crippen molar-refractivity contribution in [3.63, 3.8) is 0 Å². The van der Waals surface area contributed by atoms with E-state index >= 15 is 0 Å². The molecule has 4 nitrogen and oxygen atoms in total. The third-order valence-corrected chi connectivity index (χ3v) is 5.72. The van der Waals surface area contributed by atoms with Crippen LogP contribution in [0.1, 0.15) is 48.8 Å². The van der Waals surface area contributed by atoms with Crippen molar-refractivity contribution in [3.05, 3.63) is 45.7 Å². The minimum Gasteiger partial charge on any atom is -0.598 e. The lowest BCUT2D eigenvalue weighted by molar-refractivity contribution is -0.141. The van der Waals surface area contributed by atoms with Crippen LogP contribution >= 0.6 is 11.3 Å². The van der Waals surface area contributed by atoms with E-state index in [0.29, 0.717) is 17.4 Å². The Bertz CT molecular complexity index is 768. The molecule has 2 atom stereocenters. The molecule has 1 N–H and O–H groups in total. The summed E-state index contributed by atoms with van der Waals surface area (Å²) in [6, 6.07) is 0.660. The van der Waals surface area contributed by atoms with Crippen LogP contribution in [-0.4, -0.2) is 19.3 Å². The molecule has 0 unspecified atom stereocenters. The smallest absolute Gasteiger partial charge is 0.443 e. The second-order valence-electron chi connectivity index (χ2n) is 6.48. The molecule has 2 aromatic heterocycles. The summed E-state index contributed by atoms with van der Waals surface area (Å²) in [7, 11) is 0. The maximum absolute atomic E-state index is 12.8. The summed E-state index contributed by atoms with van der Waals surface area (Å²) in [5.41, 5.74) is -1.14. The van der Waals surface area contributed by atoms with E-state index in [2.05, 4.69) is 14.7 Å². The van der Waals surface area contributed by atoms with E-state index in [0.717, 1.165) is 17.6 Å². The molecule has 0 saturated heterocycles. The largest absolute Gasteiger partial charge is 0.598 e. The van der Waals surface area contributed by atoms with Crippen molar-refractivity contribution >= 4 is 22.7 Å². The quantitative estimate of drug-likeness (QED) is 0.562. The lowest BCUT2D eigenvalue weighted by Gasteiger charge is -2.27. The fourth-order valence-corrected chi connectivity index (χ4v) is 3.41. The Labute approximate surface area is 158 Å². The predicted octanol–water partition coefficient (Wildman–Crippen LogP) is 4.72. The van der Waals surface area contributed by atoms with E-state index in [9.17, 15) is 30.9 Å². The lowest BCUT2D eigenvalue weighted by atomic mass is 10.1. The Morgan fingerprint density at radius 3 is 2.11 bits per heavy atom. The molecule has 0 radical (unpaired) electrons. The highest BCUT2D eigenvalue weighted by Gasteiger charge is 2.38. The molecule has 2 heterocycles. The Morgan fingerprint density at radius 1 is 1.07 bits per heavy atom. The number of hydrogen-bond acceptors (Lipinski definition) is 5. The maximum atomic E-state index is 12.8. The molecule has 0 fully saturated rings. The summed E-state index contributed by atoms with van der Waals surface area (Å²) in [5.74, 6) is 0. The highest BCUT2D eigenvalue weighted by molar-refractivity contribution is 7.90. The zero-order valence-corrected chi connectivity index (χ0v) is 15.9. The average molecular weight is 431 g/mol. The molecule has 0 aliphatic heterocycles. The van der Waals surface area contributed by atoms with Gasteiger partial charge in [0.25, 0.3) is 0 Å². The summed E-state index contributed by atoms with van der Waals surface area (Å²) in [6.07, 6.45) is -8.43. The molecule has 0 amide bonds. The van der Waals surface area contributed by atoms with Crippen molar-refractivity contribution in [2.75, 3.05) is 0 Å². The summed E-state index contributed by atoms with van der Waals surface area (Å²) >= 11 is -1.37. The van der Waals surface area contributed by atoms with Gasteiger partial charge in [-0.25, -0.2) is 4.98 Å². The van der Waals surface area contributed by atoms with Crippen LogP contribution < -0.4 is 4.72 Å². The van der Waals surface area contributed by atoms with Crippen LogP contribution in [0.4, 0.5) is 26.3 Å². The van der Waals surface area contributed by atoms with Crippen molar-refractivity contribution in [1.82, 2.24) is 14.7 Å². The van der Waals surface area contributed by atoms with Gasteiger partial charge in [-0.1, -0.05) is 6.07 Å². The number of halogens is 6. The third-order valence-electron chi connectivity index (χ3n) is 3.25. The van der Waals surface area contributed by atoms with Gasteiger partial charge in [0.05, 0.1) is 5.69 Å². The fourth-order valence-electron chi connectivity index (χ4n) is 1.88. The van der Waals surface area contributed by atoms with Crippen molar-refractivity contribution in [3.8, 4) is 0 Å². The van der Waals surface area contributed by atoms with Gasteiger partial charge in [0.2, 0.25) is 0 Å². The van der Waals surface area contributed by atoms with Crippen molar-refractivity contribution in [2.24, 2.45) is 0 Å². The molecule has 0 spiro atoms. The van der Waals surface area contributed by atoms with Crippen LogP contribution in [-0.2, 0) is 23.7 Å². The molecule has 2 aromatic rings. The third kappa shape index (κ3) is 5.56. The van der Waals surface area contributed by atoms with Crippen LogP contribution in [0.2, 0.25) is 0 Å². The van der Waals surface area contributed by atoms with Gasteiger partial charge in [0.15, 0.2) is 5.01 Å². The van der Waals surface area contributed by atoms with E-state index in [-0.39, 0.29) is 11.3 Å². The van der Waals surface area contributed by atoms with Gasteiger partial charge in [-0.2, -0.15) is 26.3 Å². The average Bonchev–Trinajstić information content (AvgIpc) is 3.00. The summed E-state index contributed by atoms with van der Waals surface area (Å²) in [5, 5.41) is 0.0172. The van der Waals surface area contributed by atoms with Gasteiger partial charge in [-0.3, -0.25) is 4.98 Å². The fraction of sp³-hybridized carbons (Fsp3) is 0.467. The predicted molar refractivity (Wildman–Crippen MR) is 89.2 cm³/mol. The monoisotopic (exact) mass is 431 g/mol. The summed E-state index contributed by atoms with van der Waals surface area (Å²) in [6.45, 7) is 4.92. The number of rotatable bonds is 4. The number of nitrogens with zero attached hydrogens (tertiary/aromatic N) is 2. The van der Waals surface area contributed by atoms with E-state index in [1.807, 2.05) is 0 Å². The highest BCUT2D eigenvalue weighted by Crippen LogP contribution is 2.35. The normalized spacial score (nSPS) is 15.6. The topological polar surface area (TPSA) is 60.9 Å². The van der Waals surface area contributed by atoms with Crippen LogP contribution in [0, 0.1) is 0 Å². The van der Waals surface area contributed by atoms with Gasteiger partial charge < -0.3 is 4.55 Å². The molecule has 0 saturated carbocycles. The molecule has 150 valence electrons. The Kier molecular flexibility index (Phi) is 6.15. The number of hydrogen-bond donors (Lipinski definition) is 1. The molecular formula is C15H15F6N3OS2. The number of pyridine rings is 1. The molecule has 2 rings (SSSR count). The van der Waals surface area contributed by atoms with E-state index in [4.69, 9.17) is 0 Å².